The van der Waals surface area contributed by atoms with Crippen molar-refractivity contribution in [1.82, 2.24) is 10.2 Å². The molecule has 0 saturated heterocycles. The summed E-state index contributed by atoms with van der Waals surface area (Å²) < 4.78 is 11.8. The van der Waals surface area contributed by atoms with Crippen molar-refractivity contribution >= 4 is 12.0 Å². The molecule has 0 heterocycles. The average molecular weight is 567 g/mol. The van der Waals surface area contributed by atoms with Gasteiger partial charge in [-0.05, 0) is 60.7 Å². The van der Waals surface area contributed by atoms with E-state index in [1.165, 1.54) is 5.56 Å². The molecule has 0 bridgehead atoms. The van der Waals surface area contributed by atoms with Crippen LogP contribution in [0, 0.1) is 0 Å². The first-order chi connectivity index (χ1) is 20.4. The van der Waals surface area contributed by atoms with Crippen molar-refractivity contribution in [2.45, 2.75) is 38.3 Å². The first-order valence-electron chi connectivity index (χ1n) is 14.2. The lowest BCUT2D eigenvalue weighted by atomic mass is 9.96. The fourth-order valence-corrected chi connectivity index (χ4v) is 4.57. The second-order valence-corrected chi connectivity index (χ2v) is 10.3. The van der Waals surface area contributed by atoms with Gasteiger partial charge in [0.15, 0.2) is 0 Å². The summed E-state index contributed by atoms with van der Waals surface area (Å²) in [5, 5.41) is 12.9. The van der Waals surface area contributed by atoms with E-state index in [-0.39, 0.29) is 12.5 Å². The van der Waals surface area contributed by atoms with Gasteiger partial charge in [0.2, 0.25) is 5.60 Å². The van der Waals surface area contributed by atoms with E-state index in [1.54, 1.807) is 19.1 Å². The number of amides is 2. The maximum atomic E-state index is 13.0. The molecule has 4 rings (SSSR count). The van der Waals surface area contributed by atoms with Crippen LogP contribution in [0.3, 0.4) is 0 Å². The van der Waals surface area contributed by atoms with Gasteiger partial charge in [-0.15, -0.1) is 0 Å². The van der Waals surface area contributed by atoms with Gasteiger partial charge < -0.3 is 24.8 Å². The zero-order chi connectivity index (χ0) is 29.6. The number of ether oxygens (including phenoxy) is 2. The van der Waals surface area contributed by atoms with Gasteiger partial charge in [-0.25, -0.2) is 9.59 Å². The summed E-state index contributed by atoms with van der Waals surface area (Å²) in [6.07, 6.45) is 1.63. The van der Waals surface area contributed by atoms with Crippen LogP contribution < -0.4 is 14.8 Å². The molecule has 0 aliphatic heterocycles. The monoisotopic (exact) mass is 566 g/mol. The number of carbonyl (C=O) groups excluding carboxylic acids is 1. The van der Waals surface area contributed by atoms with Gasteiger partial charge in [-0.2, -0.15) is 0 Å². The fraction of sp³-hybridized carbons (Fsp3) is 0.257. The quantitative estimate of drug-likeness (QED) is 0.163. The Kier molecular flexibility index (Phi) is 11.0. The number of carboxylic acids is 1. The van der Waals surface area contributed by atoms with E-state index in [0.717, 1.165) is 17.5 Å². The number of nitrogens with one attached hydrogen (secondary N) is 1. The molecule has 2 N–H and O–H groups in total. The molecular weight excluding hydrogens is 528 g/mol. The lowest BCUT2D eigenvalue weighted by Crippen LogP contribution is -2.43. The summed E-state index contributed by atoms with van der Waals surface area (Å²) in [7, 11) is 0. The molecule has 218 valence electrons. The Morgan fingerprint density at radius 2 is 1.36 bits per heavy atom. The molecule has 7 heteroatoms. The van der Waals surface area contributed by atoms with E-state index in [2.05, 4.69) is 17.4 Å². The second kappa shape index (κ2) is 15.3. The number of carboxylic acid groups (broad SMARTS) is 1. The van der Waals surface area contributed by atoms with Gasteiger partial charge in [0, 0.05) is 26.1 Å². The topological polar surface area (TPSA) is 88.1 Å². The van der Waals surface area contributed by atoms with Gasteiger partial charge in [0.05, 0.1) is 6.61 Å². The highest BCUT2D eigenvalue weighted by atomic mass is 16.5. The molecule has 0 saturated carbocycles. The Hall–Kier alpha value is -4.78. The summed E-state index contributed by atoms with van der Waals surface area (Å²) in [6.45, 7) is 3.63. The maximum Gasteiger partial charge on any atom is 0.348 e. The predicted octanol–water partition coefficient (Wildman–Crippen LogP) is 6.37. The summed E-state index contributed by atoms with van der Waals surface area (Å²) in [4.78, 5) is 26.9. The second-order valence-electron chi connectivity index (χ2n) is 10.3. The average Bonchev–Trinajstić information content (AvgIpc) is 3.01. The van der Waals surface area contributed by atoms with Crippen LogP contribution in [-0.4, -0.2) is 47.3 Å². The van der Waals surface area contributed by atoms with Crippen molar-refractivity contribution in [3.8, 4) is 11.5 Å². The SMILES string of the molecule is CC(Cc1ccc(OCCCN(Cc2ccccc2)C(=O)NCCc2ccccc2)cc1)(Oc1ccccc1)C(=O)O. The predicted molar refractivity (Wildman–Crippen MR) is 164 cm³/mol. The van der Waals surface area contributed by atoms with Crippen LogP contribution in [0.2, 0.25) is 0 Å². The number of aliphatic carboxylic acids is 1. The number of urea groups is 1. The molecule has 0 spiro atoms. The molecule has 7 nitrogen and oxygen atoms in total. The van der Waals surface area contributed by atoms with Crippen LogP contribution in [0.1, 0.15) is 30.0 Å². The van der Waals surface area contributed by atoms with E-state index in [9.17, 15) is 14.7 Å². The van der Waals surface area contributed by atoms with Crippen LogP contribution in [0.5, 0.6) is 11.5 Å². The van der Waals surface area contributed by atoms with Crippen molar-refractivity contribution in [2.75, 3.05) is 19.7 Å². The zero-order valence-corrected chi connectivity index (χ0v) is 23.9. The third-order valence-electron chi connectivity index (χ3n) is 6.88. The van der Waals surface area contributed by atoms with Crippen molar-refractivity contribution in [3.63, 3.8) is 0 Å². The molecular formula is C35H38N2O5. The minimum atomic E-state index is -1.41. The van der Waals surface area contributed by atoms with Gasteiger partial charge in [0.25, 0.3) is 0 Å². The molecule has 0 aliphatic carbocycles. The Morgan fingerprint density at radius 1 is 0.762 bits per heavy atom. The molecule has 0 fully saturated rings. The minimum Gasteiger partial charge on any atom is -0.494 e. The number of hydrogen-bond acceptors (Lipinski definition) is 4. The van der Waals surface area contributed by atoms with Gasteiger partial charge >= 0.3 is 12.0 Å². The lowest BCUT2D eigenvalue weighted by Gasteiger charge is -2.26. The molecule has 1 atom stereocenters. The molecule has 42 heavy (non-hydrogen) atoms. The smallest absolute Gasteiger partial charge is 0.348 e. The Labute approximate surface area is 247 Å². The highest BCUT2D eigenvalue weighted by Gasteiger charge is 2.36. The van der Waals surface area contributed by atoms with Gasteiger partial charge in [0.1, 0.15) is 11.5 Å². The highest BCUT2D eigenvalue weighted by Crippen LogP contribution is 2.24. The zero-order valence-electron chi connectivity index (χ0n) is 23.9. The third kappa shape index (κ3) is 9.41. The van der Waals surface area contributed by atoms with Crippen LogP contribution >= 0.6 is 0 Å². The molecule has 1 unspecified atom stereocenters. The maximum absolute atomic E-state index is 13.0. The highest BCUT2D eigenvalue weighted by molar-refractivity contribution is 5.78. The number of para-hydroxylation sites is 1. The molecule has 4 aromatic carbocycles. The first-order valence-corrected chi connectivity index (χ1v) is 14.2. The Morgan fingerprint density at radius 3 is 1.98 bits per heavy atom. The third-order valence-corrected chi connectivity index (χ3v) is 6.88. The number of nitrogens with zero attached hydrogens (tertiary/aromatic N) is 1. The molecule has 0 aliphatic rings. The number of benzene rings is 4. The summed E-state index contributed by atoms with van der Waals surface area (Å²) in [6, 6.07) is 36.3. The van der Waals surface area contributed by atoms with Crippen molar-refractivity contribution in [2.24, 2.45) is 0 Å². The molecule has 2 amide bonds. The standard InChI is InChI=1S/C35H38N2O5/c1-35(33(38)39,42-32-16-9-4-10-17-32)26-29-18-20-31(21-19-29)41-25-11-24-37(27-30-14-7-3-8-15-30)34(40)36-23-22-28-12-5-2-6-13-28/h2-10,12-21H,11,22-27H2,1H3,(H,36,40)(H,38,39). The largest absolute Gasteiger partial charge is 0.494 e. The van der Waals surface area contributed by atoms with Crippen LogP contribution in [-0.2, 0) is 24.2 Å². The Balaban J connectivity index is 1.27. The van der Waals surface area contributed by atoms with E-state index < -0.39 is 11.6 Å². The van der Waals surface area contributed by atoms with E-state index in [1.807, 2.05) is 95.9 Å². The van der Waals surface area contributed by atoms with Crippen LogP contribution in [0.15, 0.2) is 115 Å². The molecule has 4 aromatic rings. The molecule has 0 radical (unpaired) electrons. The Bertz CT molecular complexity index is 1380. The van der Waals surface area contributed by atoms with Crippen molar-refractivity contribution < 1.29 is 24.2 Å². The fourth-order valence-electron chi connectivity index (χ4n) is 4.57. The lowest BCUT2D eigenvalue weighted by molar-refractivity contribution is -0.153. The summed E-state index contributed by atoms with van der Waals surface area (Å²) in [5.41, 5.74) is 1.66. The molecule has 0 aromatic heterocycles. The van der Waals surface area contributed by atoms with Crippen LogP contribution in [0.4, 0.5) is 4.79 Å². The number of carbonyl (C=O) groups is 2. The van der Waals surface area contributed by atoms with Crippen molar-refractivity contribution in [3.05, 3.63) is 132 Å². The minimum absolute atomic E-state index is 0.0988. The van der Waals surface area contributed by atoms with E-state index in [0.29, 0.717) is 44.2 Å². The summed E-state index contributed by atoms with van der Waals surface area (Å²) >= 11 is 0. The van der Waals surface area contributed by atoms with Gasteiger partial charge in [-0.1, -0.05) is 91.0 Å². The number of hydrogen-bond donors (Lipinski definition) is 2. The normalized spacial score (nSPS) is 12.1. The van der Waals surface area contributed by atoms with E-state index in [4.69, 9.17) is 9.47 Å². The van der Waals surface area contributed by atoms with Crippen molar-refractivity contribution in [1.29, 1.82) is 0 Å². The van der Waals surface area contributed by atoms with Gasteiger partial charge in [-0.3, -0.25) is 0 Å². The van der Waals surface area contributed by atoms with E-state index >= 15 is 0 Å². The van der Waals surface area contributed by atoms with Crippen LogP contribution in [0.25, 0.3) is 0 Å². The number of rotatable bonds is 15. The first kappa shape index (κ1) is 30.2. The summed E-state index contributed by atoms with van der Waals surface area (Å²) in [5.74, 6) is 0.158.